The van der Waals surface area contributed by atoms with Crippen molar-refractivity contribution in [1.82, 2.24) is 0 Å². The Morgan fingerprint density at radius 3 is 0.557 bits per heavy atom. The zero-order valence-electron chi connectivity index (χ0n) is 54.5. The van der Waals surface area contributed by atoms with E-state index in [9.17, 15) is 0 Å². The molecule has 0 amide bonds. The molecule has 0 saturated carbocycles. The summed E-state index contributed by atoms with van der Waals surface area (Å²) in [6, 6.07) is 11.4. The van der Waals surface area contributed by atoms with Gasteiger partial charge in [0, 0.05) is 192 Å². The molecule has 0 aromatic rings. The van der Waals surface area contributed by atoms with Crippen molar-refractivity contribution in [3.63, 3.8) is 0 Å². The van der Waals surface area contributed by atoms with E-state index in [2.05, 4.69) is 20.4 Å². The Bertz CT molecular complexity index is 1300. The molecule has 0 aliphatic rings. The molecule has 0 aromatic heterocycles. The largest absolute Gasteiger partial charge is 0.500 e. The van der Waals surface area contributed by atoms with E-state index in [0.29, 0.717) is 11.1 Å². The molecule has 0 fully saturated rings. The van der Waals surface area contributed by atoms with Crippen molar-refractivity contribution >= 4 is 77.8 Å². The zero-order chi connectivity index (χ0) is 60.8. The molecular formula is C49H120O21Si9. The van der Waals surface area contributed by atoms with E-state index < -0.39 is 77.8 Å². The normalized spacial score (nSPS) is 14.4. The lowest BCUT2D eigenvalue weighted by atomic mass is 10.2. The molecule has 0 aromatic carbocycles. The lowest BCUT2D eigenvalue weighted by Gasteiger charge is -2.41. The van der Waals surface area contributed by atoms with Crippen LogP contribution in [0.15, 0.2) is 0 Å². The van der Waals surface area contributed by atoms with Gasteiger partial charge >= 0.3 is 61.6 Å². The standard InChI is InChI=1S/C27H66O12Si5.C22H54O9Si4/c1-14-27(19-15-23-41(28-2,29-3)30-4)40(20-16-24-42(31-5,32-6)33-7,21-17-25-43(34-8,35-9)36-10)22-18-26-44(37-11,38-12)39-13;1-12-22(16-13-19-33(23-2,24-3)25-4)32(11,17-14-20-34(26-5,27-6)28-7)18-15-21-35(29-8,30-9)31-10/h27H,14-26H2,1-13H3;22H,12-21H2,1-11H3. The lowest BCUT2D eigenvalue weighted by molar-refractivity contribution is 0.122. The number of rotatable bonds is 53. The highest BCUT2D eigenvalue weighted by molar-refractivity contribution is 6.82. The van der Waals surface area contributed by atoms with E-state index in [1.54, 1.807) is 149 Å². The van der Waals surface area contributed by atoms with Crippen molar-refractivity contribution in [3.05, 3.63) is 0 Å². The summed E-state index contributed by atoms with van der Waals surface area (Å²) in [5, 5.41) is 0. The van der Waals surface area contributed by atoms with Crippen molar-refractivity contribution in [2.45, 2.75) is 175 Å². The Labute approximate surface area is 492 Å². The van der Waals surface area contributed by atoms with E-state index in [4.69, 9.17) is 92.9 Å². The fourth-order valence-corrected chi connectivity index (χ4v) is 37.0. The van der Waals surface area contributed by atoms with Gasteiger partial charge in [0.2, 0.25) is 0 Å². The van der Waals surface area contributed by atoms with Gasteiger partial charge in [-0.05, 0) is 23.9 Å². The molecule has 0 aliphatic carbocycles. The smallest absolute Gasteiger partial charge is 0.377 e. The van der Waals surface area contributed by atoms with Crippen LogP contribution >= 0.6 is 0 Å². The monoisotopic (exact) mass is 1300 g/mol. The van der Waals surface area contributed by atoms with Gasteiger partial charge in [0.15, 0.2) is 0 Å². The first-order chi connectivity index (χ1) is 37.6. The molecule has 2 unspecified atom stereocenters. The minimum absolute atomic E-state index is 0.566. The highest BCUT2D eigenvalue weighted by Gasteiger charge is 2.48. The average molecular weight is 1300 g/mol. The van der Waals surface area contributed by atoms with Gasteiger partial charge in [-0.3, -0.25) is 0 Å². The first-order valence-corrected chi connectivity index (χ1v) is 47.4. The maximum absolute atomic E-state index is 5.80. The van der Waals surface area contributed by atoms with Gasteiger partial charge in [-0.15, -0.1) is 0 Å². The Morgan fingerprint density at radius 1 is 0.215 bits per heavy atom. The summed E-state index contributed by atoms with van der Waals surface area (Å²) in [7, 11) is 13.2. The molecular weight excluding hydrogens is 1180 g/mol. The third-order valence-corrected chi connectivity index (χ3v) is 49.3. The van der Waals surface area contributed by atoms with Crippen molar-refractivity contribution in [2.75, 3.05) is 149 Å². The van der Waals surface area contributed by atoms with Crippen LogP contribution in [0.3, 0.4) is 0 Å². The van der Waals surface area contributed by atoms with Crippen LogP contribution in [-0.4, -0.2) is 227 Å². The summed E-state index contributed by atoms with van der Waals surface area (Å²) in [6.07, 6.45) is 11.5. The average Bonchev–Trinajstić information content (AvgIpc) is 3.50. The molecule has 2 atom stereocenters. The summed E-state index contributed by atoms with van der Waals surface area (Å²) in [4.78, 5) is 0. The van der Waals surface area contributed by atoms with Crippen molar-refractivity contribution < 1.29 is 92.9 Å². The van der Waals surface area contributed by atoms with Gasteiger partial charge < -0.3 is 92.9 Å². The van der Waals surface area contributed by atoms with Gasteiger partial charge in [0.25, 0.3) is 0 Å². The van der Waals surface area contributed by atoms with Crippen LogP contribution in [0, 0.1) is 0 Å². The molecule has 478 valence electrons. The Hall–Kier alpha value is 1.11. The van der Waals surface area contributed by atoms with Gasteiger partial charge in [-0.2, -0.15) is 0 Å². The first-order valence-electron chi connectivity index (χ1n) is 28.2. The van der Waals surface area contributed by atoms with Crippen LogP contribution in [0.1, 0.15) is 84.5 Å². The Balaban J connectivity index is 0. The van der Waals surface area contributed by atoms with Crippen molar-refractivity contribution in [3.8, 4) is 0 Å². The molecule has 0 heterocycles. The molecule has 0 N–H and O–H groups in total. The van der Waals surface area contributed by atoms with E-state index in [1.165, 1.54) is 12.1 Å². The molecule has 30 heteroatoms. The molecule has 0 aliphatic heterocycles. The molecule has 0 rings (SSSR count). The van der Waals surface area contributed by atoms with Crippen LogP contribution in [0.4, 0.5) is 0 Å². The highest BCUT2D eigenvalue weighted by Crippen LogP contribution is 2.46. The predicted molar refractivity (Wildman–Crippen MR) is 332 cm³/mol. The molecule has 0 bridgehead atoms. The SMILES string of the molecule is CCC(CCC[Si](OC)(OC)OC)[Si](C)(CCC[Si](OC)(OC)OC)CCC[Si](OC)(OC)OC.CCC(CCC[Si](OC)(OC)OC)[Si](CCC[Si](OC)(OC)OC)(CCC[Si](OC)(OC)OC)CCC[Si](OC)(OC)OC. The van der Waals surface area contributed by atoms with Gasteiger partial charge in [-0.1, -0.05) is 108 Å². The summed E-state index contributed by atoms with van der Waals surface area (Å²) in [5.41, 5.74) is 1.24. The number of hydrogen-bond acceptors (Lipinski definition) is 21. The molecule has 0 radical (unpaired) electrons. The summed E-state index contributed by atoms with van der Waals surface area (Å²) >= 11 is 0. The summed E-state index contributed by atoms with van der Waals surface area (Å²) < 4.78 is 120. The van der Waals surface area contributed by atoms with Crippen LogP contribution in [0.25, 0.3) is 0 Å². The first kappa shape index (κ1) is 82.2. The molecule has 79 heavy (non-hydrogen) atoms. The lowest BCUT2D eigenvalue weighted by Crippen LogP contribution is -2.47. The molecule has 0 spiro atoms. The van der Waals surface area contributed by atoms with Gasteiger partial charge in [0.05, 0.1) is 16.1 Å². The highest BCUT2D eigenvalue weighted by atomic mass is 28.4. The third-order valence-electron chi connectivity index (χ3n) is 17.4. The van der Waals surface area contributed by atoms with Crippen LogP contribution in [0.5, 0.6) is 0 Å². The van der Waals surface area contributed by atoms with Crippen molar-refractivity contribution in [1.29, 1.82) is 0 Å². The van der Waals surface area contributed by atoms with E-state index in [-0.39, 0.29) is 0 Å². The van der Waals surface area contributed by atoms with Crippen LogP contribution in [-0.2, 0) is 92.9 Å². The number of hydrogen-bond donors (Lipinski definition) is 0. The Morgan fingerprint density at radius 2 is 0.380 bits per heavy atom. The summed E-state index contributed by atoms with van der Waals surface area (Å²) in [5.74, 6) is 0. The maximum atomic E-state index is 5.80. The minimum Gasteiger partial charge on any atom is -0.377 e. The fraction of sp³-hybridized carbons (Fsp3) is 1.00. The van der Waals surface area contributed by atoms with Crippen molar-refractivity contribution in [2.24, 2.45) is 0 Å². The van der Waals surface area contributed by atoms with Gasteiger partial charge in [0.1, 0.15) is 0 Å². The maximum Gasteiger partial charge on any atom is 0.500 e. The topological polar surface area (TPSA) is 194 Å². The second-order valence-electron chi connectivity index (χ2n) is 20.3. The fourth-order valence-electron chi connectivity index (χ4n) is 11.9. The van der Waals surface area contributed by atoms with Crippen LogP contribution < -0.4 is 0 Å². The molecule has 21 nitrogen and oxygen atoms in total. The quantitative estimate of drug-likeness (QED) is 0.0521. The third kappa shape index (κ3) is 26.2. The second kappa shape index (κ2) is 43.7. The Kier molecular flexibility index (Phi) is 45.4. The minimum atomic E-state index is -2.71. The van der Waals surface area contributed by atoms with E-state index in [1.807, 2.05) is 0 Å². The summed E-state index contributed by atoms with van der Waals surface area (Å²) in [6.45, 7) is 7.20. The predicted octanol–water partition coefficient (Wildman–Crippen LogP) is 10.7. The van der Waals surface area contributed by atoms with Gasteiger partial charge in [-0.25, -0.2) is 0 Å². The van der Waals surface area contributed by atoms with E-state index in [0.717, 1.165) is 131 Å². The zero-order valence-corrected chi connectivity index (χ0v) is 63.5. The molecule has 0 saturated heterocycles. The second-order valence-corrected chi connectivity index (χ2v) is 52.1. The van der Waals surface area contributed by atoms with Crippen LogP contribution in [0.2, 0.25) is 90.2 Å². The van der Waals surface area contributed by atoms with E-state index >= 15 is 0 Å².